The van der Waals surface area contributed by atoms with Crippen LogP contribution in [0.1, 0.15) is 53.8 Å². The van der Waals surface area contributed by atoms with Crippen molar-refractivity contribution in [3.8, 4) is 0 Å². The first kappa shape index (κ1) is 25.3. The first-order chi connectivity index (χ1) is 17.1. The summed E-state index contributed by atoms with van der Waals surface area (Å²) in [4.78, 5) is 41.5. The van der Waals surface area contributed by atoms with Crippen LogP contribution < -0.4 is 5.49 Å². The molecule has 2 amide bonds. The van der Waals surface area contributed by atoms with Gasteiger partial charge in [0, 0.05) is 51.1 Å². The maximum absolute atomic E-state index is 14.7. The molecular formula is C25H27F3N6O2. The quantitative estimate of drug-likeness (QED) is 0.550. The monoisotopic (exact) mass is 500 g/mol. The number of carbonyl (C=O) groups is 2. The highest BCUT2D eigenvalue weighted by Gasteiger charge is 2.25. The lowest BCUT2D eigenvalue weighted by Crippen LogP contribution is -2.50. The van der Waals surface area contributed by atoms with Crippen LogP contribution in [0.5, 0.6) is 0 Å². The fraction of sp³-hybridized carbons (Fsp3) is 0.400. The minimum absolute atomic E-state index is 0.0299. The summed E-state index contributed by atoms with van der Waals surface area (Å²) >= 11 is 0. The van der Waals surface area contributed by atoms with Gasteiger partial charge in [-0.3, -0.25) is 14.6 Å². The Labute approximate surface area is 206 Å². The van der Waals surface area contributed by atoms with E-state index in [0.29, 0.717) is 42.9 Å². The lowest BCUT2D eigenvalue weighted by Gasteiger charge is -2.34. The van der Waals surface area contributed by atoms with Crippen LogP contribution in [-0.4, -0.2) is 62.3 Å². The molecule has 3 heterocycles. The van der Waals surface area contributed by atoms with E-state index in [1.807, 2.05) is 0 Å². The molecule has 0 unspecified atom stereocenters. The van der Waals surface area contributed by atoms with E-state index in [-0.39, 0.29) is 28.6 Å². The number of halogens is 3. The van der Waals surface area contributed by atoms with Gasteiger partial charge in [-0.1, -0.05) is 18.2 Å². The van der Waals surface area contributed by atoms with Gasteiger partial charge < -0.3 is 14.4 Å². The fourth-order valence-electron chi connectivity index (χ4n) is 4.27. The number of pyridine rings is 1. The molecule has 3 aromatic rings. The largest absolute Gasteiger partial charge is 0.339 e. The first-order valence-corrected chi connectivity index (χ1v) is 11.6. The molecule has 0 spiro atoms. The van der Waals surface area contributed by atoms with Crippen molar-refractivity contribution in [2.45, 2.75) is 33.2 Å². The molecule has 0 saturated carbocycles. The summed E-state index contributed by atoms with van der Waals surface area (Å²) in [6.07, 6.45) is -1.38. The van der Waals surface area contributed by atoms with E-state index in [0.717, 1.165) is 6.07 Å². The number of benzene rings is 1. The zero-order chi connectivity index (χ0) is 26.1. The fourth-order valence-corrected chi connectivity index (χ4v) is 4.27. The molecule has 36 heavy (non-hydrogen) atoms. The third-order valence-corrected chi connectivity index (χ3v) is 6.53. The number of nitrogens with zero attached hydrogens (tertiary/aromatic N) is 6. The van der Waals surface area contributed by atoms with Crippen molar-refractivity contribution in [1.29, 1.82) is 0 Å². The van der Waals surface area contributed by atoms with Gasteiger partial charge in [0.25, 0.3) is 12.3 Å². The summed E-state index contributed by atoms with van der Waals surface area (Å²) < 4.78 is 42.9. The highest BCUT2D eigenvalue weighted by Crippen LogP contribution is 2.28. The molecule has 190 valence electrons. The number of alkyl halides is 2. The van der Waals surface area contributed by atoms with Gasteiger partial charge in [0.1, 0.15) is 17.3 Å². The number of hydrogen-bond acceptors (Lipinski definition) is 5. The highest BCUT2D eigenvalue weighted by molar-refractivity contribution is 5.95. The Morgan fingerprint density at radius 3 is 2.36 bits per heavy atom. The van der Waals surface area contributed by atoms with E-state index in [9.17, 15) is 22.8 Å². The van der Waals surface area contributed by atoms with Crippen molar-refractivity contribution in [2.75, 3.05) is 26.2 Å². The number of carbonyl (C=O) groups excluding carboxylic acids is 2. The standard InChI is InChI=1S/C25H27F3N6O2/c1-14(17-6-5-7-18(22(17)26)23(27)28)30-24-19-12-20(29-13-21(19)32(4)15(2)31-24)25(36)34-10-8-33(9-11-34)16(3)35/h5-7,12-14,23H,8-11H2,1-4H3/b30-24-/t14-/m1/s1. The maximum Gasteiger partial charge on any atom is 0.272 e. The Kier molecular flexibility index (Phi) is 7.09. The van der Waals surface area contributed by atoms with E-state index in [2.05, 4.69) is 15.0 Å². The van der Waals surface area contributed by atoms with Crippen LogP contribution >= 0.6 is 0 Å². The Morgan fingerprint density at radius 1 is 1.08 bits per heavy atom. The van der Waals surface area contributed by atoms with Gasteiger partial charge in [0.15, 0.2) is 5.49 Å². The second-order valence-corrected chi connectivity index (χ2v) is 8.78. The van der Waals surface area contributed by atoms with E-state index in [1.165, 1.54) is 19.1 Å². The molecular weight excluding hydrogens is 473 g/mol. The van der Waals surface area contributed by atoms with Gasteiger partial charge in [-0.2, -0.15) is 0 Å². The lowest BCUT2D eigenvalue weighted by atomic mass is 10.0. The number of aryl methyl sites for hydroxylation is 2. The number of hydrogen-bond donors (Lipinski definition) is 0. The molecule has 2 aromatic heterocycles. The topological polar surface area (TPSA) is 83.7 Å². The van der Waals surface area contributed by atoms with Gasteiger partial charge in [-0.25, -0.2) is 23.1 Å². The van der Waals surface area contributed by atoms with E-state index in [4.69, 9.17) is 0 Å². The molecule has 0 bridgehead atoms. The van der Waals surface area contributed by atoms with Crippen LogP contribution in [0.4, 0.5) is 13.2 Å². The van der Waals surface area contributed by atoms with Gasteiger partial charge in [-0.05, 0) is 19.9 Å². The second-order valence-electron chi connectivity index (χ2n) is 8.78. The van der Waals surface area contributed by atoms with Crippen molar-refractivity contribution in [3.05, 3.63) is 64.4 Å². The minimum Gasteiger partial charge on any atom is -0.339 e. The summed E-state index contributed by atoms with van der Waals surface area (Å²) in [5.74, 6) is -0.696. The Balaban J connectivity index is 1.75. The number of fused-ring (bicyclic) bond motifs is 1. The predicted molar refractivity (Wildman–Crippen MR) is 127 cm³/mol. The molecule has 4 rings (SSSR count). The van der Waals surface area contributed by atoms with Gasteiger partial charge in [-0.15, -0.1) is 0 Å². The van der Waals surface area contributed by atoms with Crippen LogP contribution in [0, 0.1) is 12.7 Å². The van der Waals surface area contributed by atoms with Crippen LogP contribution in [0.2, 0.25) is 0 Å². The summed E-state index contributed by atoms with van der Waals surface area (Å²) in [6.45, 7) is 6.56. The van der Waals surface area contributed by atoms with E-state index in [1.54, 1.807) is 47.5 Å². The van der Waals surface area contributed by atoms with Crippen molar-refractivity contribution in [3.63, 3.8) is 0 Å². The average Bonchev–Trinajstić information content (AvgIpc) is 2.86. The number of amides is 2. The average molecular weight is 501 g/mol. The first-order valence-electron chi connectivity index (χ1n) is 11.6. The normalized spacial score (nSPS) is 15.6. The van der Waals surface area contributed by atoms with Gasteiger partial charge in [0.05, 0.1) is 23.3 Å². The molecule has 1 saturated heterocycles. The molecule has 1 aromatic carbocycles. The van der Waals surface area contributed by atoms with Gasteiger partial charge in [0.2, 0.25) is 5.91 Å². The highest BCUT2D eigenvalue weighted by atomic mass is 19.3. The van der Waals surface area contributed by atoms with E-state index >= 15 is 0 Å². The summed E-state index contributed by atoms with van der Waals surface area (Å²) in [5, 5.41) is 0.529. The molecule has 8 nitrogen and oxygen atoms in total. The third-order valence-electron chi connectivity index (χ3n) is 6.53. The van der Waals surface area contributed by atoms with Crippen LogP contribution in [0.3, 0.4) is 0 Å². The van der Waals surface area contributed by atoms with Crippen LogP contribution in [0.25, 0.3) is 10.9 Å². The molecule has 0 N–H and O–H groups in total. The molecule has 11 heteroatoms. The lowest BCUT2D eigenvalue weighted by molar-refractivity contribution is -0.130. The van der Waals surface area contributed by atoms with Crippen molar-refractivity contribution in [1.82, 2.24) is 24.3 Å². The smallest absolute Gasteiger partial charge is 0.272 e. The minimum atomic E-state index is -2.94. The van der Waals surface area contributed by atoms with E-state index < -0.39 is 23.8 Å². The number of piperazine rings is 1. The number of rotatable bonds is 4. The predicted octanol–water partition coefficient (Wildman–Crippen LogP) is 3.32. The second kappa shape index (κ2) is 10.1. The van der Waals surface area contributed by atoms with Crippen LogP contribution in [0.15, 0.2) is 35.5 Å². The van der Waals surface area contributed by atoms with Crippen LogP contribution in [-0.2, 0) is 11.8 Å². The molecule has 0 radical (unpaired) electrons. The molecule has 1 fully saturated rings. The molecule has 0 aliphatic carbocycles. The molecule has 1 atom stereocenters. The van der Waals surface area contributed by atoms with Crippen molar-refractivity contribution in [2.24, 2.45) is 12.0 Å². The summed E-state index contributed by atoms with van der Waals surface area (Å²) in [7, 11) is 1.80. The molecule has 1 aliphatic rings. The Hall–Kier alpha value is -3.76. The Bertz CT molecular complexity index is 1400. The Morgan fingerprint density at radius 2 is 1.72 bits per heavy atom. The maximum atomic E-state index is 14.7. The summed E-state index contributed by atoms with van der Waals surface area (Å²) in [6, 6.07) is 4.64. The number of aromatic nitrogens is 3. The van der Waals surface area contributed by atoms with Crippen molar-refractivity contribution >= 4 is 22.7 Å². The van der Waals surface area contributed by atoms with Gasteiger partial charge >= 0.3 is 0 Å². The van der Waals surface area contributed by atoms with Crippen molar-refractivity contribution < 1.29 is 22.8 Å². The molecule has 1 aliphatic heterocycles. The zero-order valence-corrected chi connectivity index (χ0v) is 20.5. The SMILES string of the molecule is CC(=O)N1CCN(C(=O)c2cc3/c(=N/[C@H](C)c4cccc(C(F)F)c4F)nc(C)n(C)c3cn2)CC1. The third kappa shape index (κ3) is 4.82. The zero-order valence-electron chi connectivity index (χ0n) is 20.5. The summed E-state index contributed by atoms with van der Waals surface area (Å²) in [5.41, 5.74) is 0.465.